The Balaban J connectivity index is 4.21. The lowest BCUT2D eigenvalue weighted by Crippen LogP contribution is -2.45. The van der Waals surface area contributed by atoms with Crippen molar-refractivity contribution in [3.05, 3.63) is 24.3 Å². The van der Waals surface area contributed by atoms with Crippen molar-refractivity contribution in [2.75, 3.05) is 40.9 Å². The van der Waals surface area contributed by atoms with Gasteiger partial charge in [-0.25, -0.2) is 0 Å². The van der Waals surface area contributed by atoms with Gasteiger partial charge in [-0.3, -0.25) is 9.36 Å². The maximum Gasteiger partial charge on any atom is 0.268 e. The van der Waals surface area contributed by atoms with Crippen LogP contribution in [-0.2, 0) is 18.4 Å². The summed E-state index contributed by atoms with van der Waals surface area (Å²) in [5, 5.41) is 13.9. The molecule has 0 aliphatic rings. The zero-order valence-electron chi connectivity index (χ0n) is 45.4. The molecule has 9 heteroatoms. The molecule has 0 aliphatic carbocycles. The molecule has 1 amide bonds. The minimum atomic E-state index is -4.60. The number of hydrogen-bond donors (Lipinski definition) is 2. The molecule has 0 aromatic heterocycles. The topological polar surface area (TPSA) is 108 Å². The van der Waals surface area contributed by atoms with E-state index in [2.05, 4.69) is 31.3 Å². The number of rotatable bonds is 54. The molecule has 0 aromatic rings. The van der Waals surface area contributed by atoms with E-state index in [1.54, 1.807) is 6.08 Å². The van der Waals surface area contributed by atoms with Gasteiger partial charge >= 0.3 is 0 Å². The van der Waals surface area contributed by atoms with Crippen molar-refractivity contribution in [2.45, 2.75) is 302 Å². The Bertz CT molecular complexity index is 1140. The summed E-state index contributed by atoms with van der Waals surface area (Å²) < 4.78 is 23.3. The van der Waals surface area contributed by atoms with Crippen molar-refractivity contribution in [2.24, 2.45) is 0 Å². The van der Waals surface area contributed by atoms with Gasteiger partial charge in [0.15, 0.2) is 0 Å². The number of allylic oxidation sites excluding steroid dienone is 3. The smallest absolute Gasteiger partial charge is 0.268 e. The third kappa shape index (κ3) is 52.6. The van der Waals surface area contributed by atoms with Gasteiger partial charge in [-0.1, -0.05) is 276 Å². The lowest BCUT2D eigenvalue weighted by Gasteiger charge is -2.29. The van der Waals surface area contributed by atoms with E-state index in [9.17, 15) is 19.4 Å². The molecule has 0 aliphatic heterocycles. The van der Waals surface area contributed by atoms with Crippen LogP contribution in [0.15, 0.2) is 24.3 Å². The SMILES string of the molecule is CCCCCCCCCCCCCCCCC/C=C/CC/C=C/C(O)C(COP(=O)([O-])OCC[N+](C)(C)C)NC(=O)CCCCCCCCCCCCCCCCCCCCCCCCCC. The molecule has 0 saturated carbocycles. The Hall–Kier alpha value is -1.02. The van der Waals surface area contributed by atoms with Gasteiger partial charge in [0.1, 0.15) is 13.2 Å². The fourth-order valence-electron chi connectivity index (χ4n) is 8.82. The van der Waals surface area contributed by atoms with Crippen molar-refractivity contribution >= 4 is 13.7 Å². The highest BCUT2D eigenvalue weighted by Gasteiger charge is 2.23. The fraction of sp³-hybridized carbons (Fsp3) is 0.914. The molecule has 0 heterocycles. The number of phosphoric ester groups is 1. The van der Waals surface area contributed by atoms with Crippen LogP contribution in [0.3, 0.4) is 0 Å². The summed E-state index contributed by atoms with van der Waals surface area (Å²) in [5.41, 5.74) is 0. The summed E-state index contributed by atoms with van der Waals surface area (Å²) in [4.78, 5) is 25.5. The van der Waals surface area contributed by atoms with Crippen LogP contribution in [0.25, 0.3) is 0 Å². The molecule has 3 atom stereocenters. The minimum Gasteiger partial charge on any atom is -0.756 e. The van der Waals surface area contributed by atoms with Crippen molar-refractivity contribution in [1.29, 1.82) is 0 Å². The third-order valence-electron chi connectivity index (χ3n) is 13.4. The largest absolute Gasteiger partial charge is 0.756 e. The first-order valence-corrected chi connectivity index (χ1v) is 30.7. The van der Waals surface area contributed by atoms with E-state index in [-0.39, 0.29) is 19.1 Å². The number of carbonyl (C=O) groups excluding carboxylic acids is 1. The van der Waals surface area contributed by atoms with Crippen LogP contribution in [0.5, 0.6) is 0 Å². The minimum absolute atomic E-state index is 0.00369. The molecule has 0 bridgehead atoms. The summed E-state index contributed by atoms with van der Waals surface area (Å²) in [6.45, 7) is 4.68. The van der Waals surface area contributed by atoms with Crippen LogP contribution < -0.4 is 10.2 Å². The molecule has 67 heavy (non-hydrogen) atoms. The molecule has 0 fully saturated rings. The second-order valence-corrected chi connectivity index (χ2v) is 22.8. The first-order chi connectivity index (χ1) is 32.5. The predicted molar refractivity (Wildman–Crippen MR) is 289 cm³/mol. The number of aliphatic hydroxyl groups excluding tert-OH is 1. The average molecular weight is 968 g/mol. The molecular formula is C58H115N2O6P. The monoisotopic (exact) mass is 967 g/mol. The predicted octanol–water partition coefficient (Wildman–Crippen LogP) is 17.0. The van der Waals surface area contributed by atoms with Crippen LogP contribution in [0, 0.1) is 0 Å². The van der Waals surface area contributed by atoms with Crippen molar-refractivity contribution in [1.82, 2.24) is 5.32 Å². The van der Waals surface area contributed by atoms with E-state index < -0.39 is 20.0 Å². The molecule has 2 N–H and O–H groups in total. The van der Waals surface area contributed by atoms with Gasteiger partial charge < -0.3 is 28.8 Å². The number of aliphatic hydroxyl groups is 1. The lowest BCUT2D eigenvalue weighted by molar-refractivity contribution is -0.870. The van der Waals surface area contributed by atoms with E-state index in [1.807, 2.05) is 27.2 Å². The van der Waals surface area contributed by atoms with Crippen molar-refractivity contribution in [3.63, 3.8) is 0 Å². The number of nitrogens with one attached hydrogen (secondary N) is 1. The first-order valence-electron chi connectivity index (χ1n) is 29.2. The molecule has 3 unspecified atom stereocenters. The normalized spacial score (nSPS) is 14.1. The van der Waals surface area contributed by atoms with Crippen LogP contribution in [0.1, 0.15) is 290 Å². The lowest BCUT2D eigenvalue weighted by atomic mass is 10.0. The zero-order valence-corrected chi connectivity index (χ0v) is 46.3. The van der Waals surface area contributed by atoms with Gasteiger partial charge in [-0.2, -0.15) is 0 Å². The molecule has 0 radical (unpaired) electrons. The second-order valence-electron chi connectivity index (χ2n) is 21.4. The second kappa shape index (κ2) is 49.9. The number of amides is 1. The van der Waals surface area contributed by atoms with Gasteiger partial charge in [-0.15, -0.1) is 0 Å². The highest BCUT2D eigenvalue weighted by molar-refractivity contribution is 7.45. The maximum atomic E-state index is 13.0. The standard InChI is InChI=1S/C58H115N2O6P/c1-6-8-10-12-14-16-18-20-22-24-26-28-29-30-32-34-36-38-40-42-44-46-48-50-52-58(62)59-56(55-66-67(63,64)65-54-53-60(3,4)5)57(61)51-49-47-45-43-41-39-37-35-33-31-27-25-23-21-19-17-15-13-11-9-7-2/h41,43,49,51,56-57,61H,6-40,42,44-48,50,52-55H2,1-5H3,(H-,59,62,63,64)/b43-41+,51-49+. The maximum absolute atomic E-state index is 13.0. The molecule has 8 nitrogen and oxygen atoms in total. The number of nitrogens with zero attached hydrogens (tertiary/aromatic N) is 1. The summed E-state index contributed by atoms with van der Waals surface area (Å²) in [6, 6.07) is -0.900. The summed E-state index contributed by atoms with van der Waals surface area (Å²) >= 11 is 0. The van der Waals surface area contributed by atoms with Gasteiger partial charge in [0.05, 0.1) is 39.9 Å². The van der Waals surface area contributed by atoms with Gasteiger partial charge in [-0.05, 0) is 32.1 Å². The van der Waals surface area contributed by atoms with Crippen LogP contribution in [0.4, 0.5) is 0 Å². The Kier molecular flexibility index (Phi) is 49.2. The average Bonchev–Trinajstić information content (AvgIpc) is 3.29. The Morgan fingerprint density at radius 1 is 0.507 bits per heavy atom. The van der Waals surface area contributed by atoms with Crippen molar-refractivity contribution in [3.8, 4) is 0 Å². The molecular weight excluding hydrogens is 852 g/mol. The van der Waals surface area contributed by atoms with E-state index in [1.165, 1.54) is 231 Å². The van der Waals surface area contributed by atoms with Crippen LogP contribution in [-0.4, -0.2) is 68.5 Å². The highest BCUT2D eigenvalue weighted by atomic mass is 31.2. The van der Waals surface area contributed by atoms with E-state index in [4.69, 9.17) is 9.05 Å². The van der Waals surface area contributed by atoms with E-state index in [0.717, 1.165) is 38.5 Å². The van der Waals surface area contributed by atoms with Crippen LogP contribution >= 0.6 is 7.82 Å². The molecule has 0 spiro atoms. The first kappa shape index (κ1) is 66.0. The van der Waals surface area contributed by atoms with Crippen molar-refractivity contribution < 1.29 is 32.9 Å². The number of carbonyl (C=O) groups is 1. The third-order valence-corrected chi connectivity index (χ3v) is 14.4. The number of phosphoric acid groups is 1. The molecule has 398 valence electrons. The van der Waals surface area contributed by atoms with Gasteiger partial charge in [0.25, 0.3) is 7.82 Å². The molecule has 0 aromatic carbocycles. The number of likely N-dealkylation sites (N-methyl/N-ethyl adjacent to an activating group) is 1. The van der Waals surface area contributed by atoms with Gasteiger partial charge in [0, 0.05) is 6.42 Å². The van der Waals surface area contributed by atoms with E-state index in [0.29, 0.717) is 17.4 Å². The van der Waals surface area contributed by atoms with Crippen LogP contribution in [0.2, 0.25) is 0 Å². The Morgan fingerprint density at radius 3 is 1.21 bits per heavy atom. The summed E-state index contributed by atoms with van der Waals surface area (Å²) in [7, 11) is 1.26. The quantitative estimate of drug-likeness (QED) is 0.0272. The Morgan fingerprint density at radius 2 is 0.836 bits per heavy atom. The number of quaternary nitrogens is 1. The Labute approximate surface area is 417 Å². The highest BCUT2D eigenvalue weighted by Crippen LogP contribution is 2.38. The number of hydrogen-bond acceptors (Lipinski definition) is 6. The van der Waals surface area contributed by atoms with Gasteiger partial charge in [0.2, 0.25) is 5.91 Å². The number of unbranched alkanes of at least 4 members (excludes halogenated alkanes) is 39. The fourth-order valence-corrected chi connectivity index (χ4v) is 9.54. The zero-order chi connectivity index (χ0) is 49.2. The summed E-state index contributed by atoms with van der Waals surface area (Å²) in [6.07, 6.45) is 62.6. The molecule has 0 rings (SSSR count). The summed E-state index contributed by atoms with van der Waals surface area (Å²) in [5.74, 6) is -0.201. The van der Waals surface area contributed by atoms with E-state index >= 15 is 0 Å². The molecule has 0 saturated heterocycles.